The van der Waals surface area contributed by atoms with Gasteiger partial charge in [-0.15, -0.1) is 0 Å². The van der Waals surface area contributed by atoms with Crippen LogP contribution in [-0.4, -0.2) is 31.9 Å². The molecule has 0 radical (unpaired) electrons. The van der Waals surface area contributed by atoms with Crippen LogP contribution in [0.15, 0.2) is 30.3 Å². The molecule has 0 fully saturated rings. The molecule has 0 saturated heterocycles. The van der Waals surface area contributed by atoms with E-state index in [0.29, 0.717) is 0 Å². The molecule has 1 aromatic rings. The quantitative estimate of drug-likeness (QED) is 0.585. The summed E-state index contributed by atoms with van der Waals surface area (Å²) >= 11 is 0. The lowest BCUT2D eigenvalue weighted by atomic mass is 9.87. The van der Waals surface area contributed by atoms with Crippen LogP contribution in [0.25, 0.3) is 0 Å². The molecule has 5 heteroatoms. The number of carbonyl (C=O) groups excluding carboxylic acids is 3. The lowest BCUT2D eigenvalue weighted by Gasteiger charge is -2.17. The molecule has 5 nitrogen and oxygen atoms in total. The van der Waals surface area contributed by atoms with Crippen LogP contribution in [0.1, 0.15) is 24.8 Å². The molecular weight excluding hydrogens is 260 g/mol. The first-order valence-electron chi connectivity index (χ1n) is 6.24. The molecule has 0 heterocycles. The van der Waals surface area contributed by atoms with Gasteiger partial charge in [0.15, 0.2) is 5.78 Å². The summed E-state index contributed by atoms with van der Waals surface area (Å²) in [5, 5.41) is 0. The van der Waals surface area contributed by atoms with Crippen LogP contribution in [-0.2, 0) is 23.9 Å². The van der Waals surface area contributed by atoms with Gasteiger partial charge in [-0.1, -0.05) is 37.3 Å². The average Bonchev–Trinajstić information content (AvgIpc) is 2.50. The SMILES string of the molecule is COC(=O)CC(C(=O)OC)C(=O)C(C)c1ccccc1. The van der Waals surface area contributed by atoms with Gasteiger partial charge in [-0.2, -0.15) is 0 Å². The van der Waals surface area contributed by atoms with Crippen LogP contribution in [0.5, 0.6) is 0 Å². The fourth-order valence-corrected chi connectivity index (χ4v) is 1.90. The number of hydrogen-bond donors (Lipinski definition) is 0. The molecule has 108 valence electrons. The third kappa shape index (κ3) is 3.91. The average molecular weight is 278 g/mol. The zero-order chi connectivity index (χ0) is 15.1. The van der Waals surface area contributed by atoms with E-state index in [2.05, 4.69) is 9.47 Å². The second-order valence-corrected chi connectivity index (χ2v) is 4.39. The van der Waals surface area contributed by atoms with Crippen LogP contribution in [0, 0.1) is 5.92 Å². The third-order valence-corrected chi connectivity index (χ3v) is 3.15. The molecule has 0 amide bonds. The monoisotopic (exact) mass is 278 g/mol. The molecule has 0 aliphatic rings. The van der Waals surface area contributed by atoms with E-state index in [1.807, 2.05) is 18.2 Å². The van der Waals surface area contributed by atoms with E-state index in [0.717, 1.165) is 5.56 Å². The van der Waals surface area contributed by atoms with Crippen molar-refractivity contribution in [1.82, 2.24) is 0 Å². The third-order valence-electron chi connectivity index (χ3n) is 3.15. The summed E-state index contributed by atoms with van der Waals surface area (Å²) in [5.74, 6) is -3.32. The molecule has 0 aliphatic heterocycles. The second kappa shape index (κ2) is 7.43. The maximum Gasteiger partial charge on any atom is 0.316 e. The zero-order valence-corrected chi connectivity index (χ0v) is 11.8. The minimum atomic E-state index is -1.14. The van der Waals surface area contributed by atoms with Crippen molar-refractivity contribution in [3.8, 4) is 0 Å². The van der Waals surface area contributed by atoms with Crippen LogP contribution < -0.4 is 0 Å². The van der Waals surface area contributed by atoms with E-state index in [1.165, 1.54) is 14.2 Å². The number of benzene rings is 1. The maximum absolute atomic E-state index is 12.4. The molecule has 1 rings (SSSR count). The topological polar surface area (TPSA) is 69.7 Å². The molecule has 0 bridgehead atoms. The van der Waals surface area contributed by atoms with Crippen molar-refractivity contribution in [3.63, 3.8) is 0 Å². The molecule has 20 heavy (non-hydrogen) atoms. The van der Waals surface area contributed by atoms with E-state index in [-0.39, 0.29) is 12.2 Å². The Balaban J connectivity index is 2.93. The van der Waals surface area contributed by atoms with Gasteiger partial charge in [0.2, 0.25) is 0 Å². The van der Waals surface area contributed by atoms with Crippen LogP contribution in [0.4, 0.5) is 0 Å². The highest BCUT2D eigenvalue weighted by molar-refractivity contribution is 6.04. The Morgan fingerprint density at radius 2 is 1.65 bits per heavy atom. The summed E-state index contributed by atoms with van der Waals surface area (Å²) < 4.78 is 9.11. The summed E-state index contributed by atoms with van der Waals surface area (Å²) in [7, 11) is 2.40. The van der Waals surface area contributed by atoms with E-state index < -0.39 is 23.8 Å². The van der Waals surface area contributed by atoms with E-state index in [4.69, 9.17) is 0 Å². The normalized spacial score (nSPS) is 13.2. The Morgan fingerprint density at radius 1 is 1.05 bits per heavy atom. The predicted octanol–water partition coefficient (Wildman–Crippen LogP) is 1.71. The lowest BCUT2D eigenvalue weighted by molar-refractivity contribution is -0.155. The first-order valence-corrected chi connectivity index (χ1v) is 6.24. The van der Waals surface area contributed by atoms with Gasteiger partial charge in [0, 0.05) is 5.92 Å². The molecule has 2 unspecified atom stereocenters. The molecule has 0 saturated carbocycles. The summed E-state index contributed by atoms with van der Waals surface area (Å²) in [6.07, 6.45) is -0.306. The number of methoxy groups -OCH3 is 2. The Bertz CT molecular complexity index is 480. The van der Waals surface area contributed by atoms with Gasteiger partial charge in [-0.25, -0.2) is 0 Å². The number of carbonyl (C=O) groups is 3. The van der Waals surface area contributed by atoms with Gasteiger partial charge in [-0.3, -0.25) is 14.4 Å². The molecule has 0 spiro atoms. The summed E-state index contributed by atoms with van der Waals surface area (Å²) in [6.45, 7) is 1.70. The number of esters is 2. The fourth-order valence-electron chi connectivity index (χ4n) is 1.90. The van der Waals surface area contributed by atoms with Crippen molar-refractivity contribution in [1.29, 1.82) is 0 Å². The van der Waals surface area contributed by atoms with Crippen molar-refractivity contribution >= 4 is 17.7 Å². The second-order valence-electron chi connectivity index (χ2n) is 4.39. The minimum absolute atomic E-state index is 0.306. The number of rotatable bonds is 6. The van der Waals surface area contributed by atoms with Crippen molar-refractivity contribution in [2.24, 2.45) is 5.92 Å². The predicted molar refractivity (Wildman–Crippen MR) is 72.0 cm³/mol. The largest absolute Gasteiger partial charge is 0.469 e. The lowest BCUT2D eigenvalue weighted by Crippen LogP contribution is -2.31. The number of hydrogen-bond acceptors (Lipinski definition) is 5. The molecule has 0 N–H and O–H groups in total. The zero-order valence-electron chi connectivity index (χ0n) is 11.8. The van der Waals surface area contributed by atoms with Gasteiger partial charge in [-0.05, 0) is 5.56 Å². The smallest absolute Gasteiger partial charge is 0.316 e. The first kappa shape index (κ1) is 15.9. The number of ether oxygens (including phenoxy) is 2. The van der Waals surface area contributed by atoms with E-state index in [1.54, 1.807) is 19.1 Å². The van der Waals surface area contributed by atoms with Crippen molar-refractivity contribution < 1.29 is 23.9 Å². The van der Waals surface area contributed by atoms with Crippen molar-refractivity contribution in [2.75, 3.05) is 14.2 Å². The Hall–Kier alpha value is -2.17. The minimum Gasteiger partial charge on any atom is -0.469 e. The fraction of sp³-hybridized carbons (Fsp3) is 0.400. The summed E-state index contributed by atoms with van der Waals surface area (Å²) in [6, 6.07) is 9.07. The standard InChI is InChI=1S/C15H18O5/c1-10(11-7-5-4-6-8-11)14(17)12(15(18)20-3)9-13(16)19-2/h4-8,10,12H,9H2,1-3H3. The van der Waals surface area contributed by atoms with Gasteiger partial charge in [0.1, 0.15) is 5.92 Å². The summed E-state index contributed by atoms with van der Waals surface area (Å²) in [5.41, 5.74) is 0.788. The first-order chi connectivity index (χ1) is 9.51. The van der Waals surface area contributed by atoms with Gasteiger partial charge < -0.3 is 9.47 Å². The summed E-state index contributed by atoms with van der Waals surface area (Å²) in [4.78, 5) is 35.4. The van der Waals surface area contributed by atoms with Crippen molar-refractivity contribution in [2.45, 2.75) is 19.3 Å². The number of ketones is 1. The van der Waals surface area contributed by atoms with Crippen LogP contribution in [0.2, 0.25) is 0 Å². The van der Waals surface area contributed by atoms with Gasteiger partial charge >= 0.3 is 11.9 Å². The van der Waals surface area contributed by atoms with Crippen molar-refractivity contribution in [3.05, 3.63) is 35.9 Å². The Morgan fingerprint density at radius 3 is 2.15 bits per heavy atom. The number of Topliss-reactive ketones (excluding diaryl/α,β-unsaturated/α-hetero) is 1. The maximum atomic E-state index is 12.4. The highest BCUT2D eigenvalue weighted by Crippen LogP contribution is 2.22. The molecule has 0 aliphatic carbocycles. The highest BCUT2D eigenvalue weighted by Gasteiger charge is 2.33. The molecule has 0 aromatic heterocycles. The van der Waals surface area contributed by atoms with E-state index in [9.17, 15) is 14.4 Å². The van der Waals surface area contributed by atoms with Gasteiger partial charge in [0.05, 0.1) is 20.6 Å². The van der Waals surface area contributed by atoms with Crippen LogP contribution >= 0.6 is 0 Å². The van der Waals surface area contributed by atoms with E-state index >= 15 is 0 Å². The molecule has 2 atom stereocenters. The van der Waals surface area contributed by atoms with Crippen LogP contribution in [0.3, 0.4) is 0 Å². The van der Waals surface area contributed by atoms with Gasteiger partial charge in [0.25, 0.3) is 0 Å². The highest BCUT2D eigenvalue weighted by atomic mass is 16.5. The molecule has 1 aromatic carbocycles. The Labute approximate surface area is 117 Å². The Kier molecular flexibility index (Phi) is 5.90. The molecular formula is C15H18O5.